The van der Waals surface area contributed by atoms with Gasteiger partial charge in [-0.15, -0.1) is 0 Å². The number of aromatic nitrogens is 4. The van der Waals surface area contributed by atoms with Gasteiger partial charge in [0, 0.05) is 25.4 Å². The van der Waals surface area contributed by atoms with Gasteiger partial charge in [0.25, 0.3) is 5.56 Å². The van der Waals surface area contributed by atoms with E-state index in [1.807, 2.05) is 0 Å². The van der Waals surface area contributed by atoms with Gasteiger partial charge in [0.2, 0.25) is 0 Å². The fourth-order valence-electron chi connectivity index (χ4n) is 2.42. The Balaban J connectivity index is 1.98. The average Bonchev–Trinajstić information content (AvgIpc) is 2.99. The van der Waals surface area contributed by atoms with Gasteiger partial charge in [-0.25, -0.2) is 4.39 Å². The lowest BCUT2D eigenvalue weighted by molar-refractivity contribution is -0.153. The second-order valence-electron chi connectivity index (χ2n) is 5.52. The minimum Gasteiger partial charge on any atom is -0.484 e. The van der Waals surface area contributed by atoms with Crippen molar-refractivity contribution in [2.45, 2.75) is 6.18 Å². The van der Waals surface area contributed by atoms with E-state index in [0.717, 1.165) is 22.8 Å². The molecule has 0 aliphatic heterocycles. The number of ether oxygens (including phenoxy) is 1. The minimum absolute atomic E-state index is 0.0819. The fourth-order valence-corrected chi connectivity index (χ4v) is 2.72. The number of hydrogen-bond acceptors (Lipinski definition) is 4. The number of nitrogens with zero attached hydrogens (tertiary/aromatic N) is 3. The van der Waals surface area contributed by atoms with Crippen molar-refractivity contribution in [3.63, 3.8) is 0 Å². The normalized spacial score (nSPS) is 11.6. The van der Waals surface area contributed by atoms with E-state index in [-0.39, 0.29) is 16.2 Å². The monoisotopic (exact) mass is 400 g/mol. The summed E-state index contributed by atoms with van der Waals surface area (Å²) in [6.07, 6.45) is -3.01. The van der Waals surface area contributed by atoms with E-state index in [2.05, 4.69) is 14.8 Å². The van der Waals surface area contributed by atoms with Gasteiger partial charge in [-0.05, 0) is 30.4 Å². The van der Waals surface area contributed by atoms with E-state index >= 15 is 0 Å². The lowest BCUT2D eigenvalue weighted by atomic mass is 10.2. The summed E-state index contributed by atoms with van der Waals surface area (Å²) in [5, 5.41) is 3.99. The van der Waals surface area contributed by atoms with E-state index in [1.165, 1.54) is 16.9 Å². The Labute approximate surface area is 154 Å². The summed E-state index contributed by atoms with van der Waals surface area (Å²) in [5.41, 5.74) is 0.170. The van der Waals surface area contributed by atoms with Gasteiger partial charge in [0.15, 0.2) is 17.2 Å². The molecule has 0 saturated heterocycles. The zero-order valence-electron chi connectivity index (χ0n) is 13.7. The van der Waals surface area contributed by atoms with Crippen molar-refractivity contribution in [2.24, 2.45) is 7.05 Å². The first-order valence-electron chi connectivity index (χ1n) is 7.50. The molecule has 0 fully saturated rings. The smallest absolute Gasteiger partial charge is 0.422 e. The first-order valence-corrected chi connectivity index (χ1v) is 7.91. The Morgan fingerprint density at radius 2 is 2.00 bits per heavy atom. The summed E-state index contributed by atoms with van der Waals surface area (Å²) in [6.45, 7) is -1.55. The van der Waals surface area contributed by atoms with Crippen LogP contribution in [0.2, 0.25) is 0 Å². The van der Waals surface area contributed by atoms with E-state index in [1.54, 1.807) is 13.1 Å². The Morgan fingerprint density at radius 1 is 1.26 bits per heavy atom. The molecule has 2 heterocycles. The SMILES string of the molecule is Cn1nccc1-c1cc(=O)n(-c2ccc(OCC(F)(F)F)cc2F)c(=S)[nH]1. The largest absolute Gasteiger partial charge is 0.484 e. The van der Waals surface area contributed by atoms with Crippen LogP contribution in [0.15, 0.2) is 41.3 Å². The van der Waals surface area contributed by atoms with Crippen molar-refractivity contribution < 1.29 is 22.3 Å². The summed E-state index contributed by atoms with van der Waals surface area (Å²) < 4.78 is 57.8. The molecule has 2 aromatic heterocycles. The third kappa shape index (κ3) is 4.08. The van der Waals surface area contributed by atoms with E-state index in [4.69, 9.17) is 12.2 Å². The number of alkyl halides is 3. The summed E-state index contributed by atoms with van der Waals surface area (Å²) in [4.78, 5) is 15.3. The maximum Gasteiger partial charge on any atom is 0.422 e. The van der Waals surface area contributed by atoms with Gasteiger partial charge in [-0.3, -0.25) is 14.0 Å². The molecule has 0 radical (unpaired) electrons. The van der Waals surface area contributed by atoms with Crippen molar-refractivity contribution in [3.05, 3.63) is 57.5 Å². The fraction of sp³-hybridized carbons (Fsp3) is 0.188. The van der Waals surface area contributed by atoms with E-state index in [9.17, 15) is 22.4 Å². The topological polar surface area (TPSA) is 64.8 Å². The quantitative estimate of drug-likeness (QED) is 0.539. The molecule has 11 heteroatoms. The van der Waals surface area contributed by atoms with Gasteiger partial charge in [-0.2, -0.15) is 18.3 Å². The van der Waals surface area contributed by atoms with Gasteiger partial charge < -0.3 is 9.72 Å². The third-order valence-corrected chi connectivity index (χ3v) is 3.88. The highest BCUT2D eigenvalue weighted by Crippen LogP contribution is 2.23. The molecule has 0 saturated carbocycles. The molecule has 27 heavy (non-hydrogen) atoms. The maximum atomic E-state index is 14.4. The highest BCUT2D eigenvalue weighted by molar-refractivity contribution is 7.71. The van der Waals surface area contributed by atoms with Crippen LogP contribution in [0, 0.1) is 10.6 Å². The van der Waals surface area contributed by atoms with Crippen LogP contribution in [0.25, 0.3) is 17.1 Å². The maximum absolute atomic E-state index is 14.4. The number of hydrogen-bond donors (Lipinski definition) is 1. The molecule has 3 rings (SSSR count). The Morgan fingerprint density at radius 3 is 2.56 bits per heavy atom. The molecule has 0 bridgehead atoms. The summed E-state index contributed by atoms with van der Waals surface area (Å²) in [7, 11) is 1.68. The molecule has 1 aromatic carbocycles. The lowest BCUT2D eigenvalue weighted by Gasteiger charge is -2.12. The summed E-state index contributed by atoms with van der Waals surface area (Å²) in [6, 6.07) is 5.89. The van der Waals surface area contributed by atoms with Crippen molar-refractivity contribution in [2.75, 3.05) is 6.61 Å². The molecular weight excluding hydrogens is 388 g/mol. The van der Waals surface area contributed by atoms with Crippen molar-refractivity contribution in [1.82, 2.24) is 19.3 Å². The van der Waals surface area contributed by atoms with E-state index in [0.29, 0.717) is 11.4 Å². The predicted molar refractivity (Wildman–Crippen MR) is 90.9 cm³/mol. The molecule has 3 aromatic rings. The molecular formula is C16H12F4N4O2S. The first-order chi connectivity index (χ1) is 12.7. The van der Waals surface area contributed by atoms with Gasteiger partial charge >= 0.3 is 6.18 Å². The number of aromatic amines is 1. The minimum atomic E-state index is -4.55. The van der Waals surface area contributed by atoms with Crippen molar-refractivity contribution in [3.8, 4) is 22.8 Å². The average molecular weight is 400 g/mol. The van der Waals surface area contributed by atoms with E-state index < -0.39 is 24.2 Å². The highest BCUT2D eigenvalue weighted by atomic mass is 32.1. The molecule has 1 N–H and O–H groups in total. The number of halogens is 4. The Kier molecular flexibility index (Phi) is 4.87. The molecule has 0 spiro atoms. The van der Waals surface area contributed by atoms with Crippen LogP contribution in [0.1, 0.15) is 0 Å². The Bertz CT molecular complexity index is 1070. The zero-order valence-corrected chi connectivity index (χ0v) is 14.6. The van der Waals surface area contributed by atoms with Crippen LogP contribution in [-0.2, 0) is 7.05 Å². The molecule has 0 aliphatic carbocycles. The third-order valence-electron chi connectivity index (χ3n) is 3.59. The van der Waals surface area contributed by atoms with Crippen LogP contribution in [0.5, 0.6) is 5.75 Å². The lowest BCUT2D eigenvalue weighted by Crippen LogP contribution is -2.21. The molecule has 0 unspecified atom stereocenters. The van der Waals surface area contributed by atoms with Gasteiger partial charge in [0.05, 0.1) is 17.1 Å². The number of nitrogens with one attached hydrogen (secondary N) is 1. The second kappa shape index (κ2) is 6.99. The summed E-state index contributed by atoms with van der Waals surface area (Å²) in [5.74, 6) is -1.27. The molecule has 6 nitrogen and oxygen atoms in total. The highest BCUT2D eigenvalue weighted by Gasteiger charge is 2.28. The molecule has 0 atom stereocenters. The van der Waals surface area contributed by atoms with Gasteiger partial charge in [0.1, 0.15) is 5.75 Å². The van der Waals surface area contributed by atoms with Crippen LogP contribution in [0.4, 0.5) is 17.6 Å². The number of H-pyrrole nitrogens is 1. The first kappa shape index (κ1) is 18.8. The van der Waals surface area contributed by atoms with Gasteiger partial charge in [-0.1, -0.05) is 0 Å². The predicted octanol–water partition coefficient (Wildman–Crippen LogP) is 3.38. The van der Waals surface area contributed by atoms with Crippen LogP contribution >= 0.6 is 12.2 Å². The molecule has 142 valence electrons. The van der Waals surface area contributed by atoms with Crippen LogP contribution in [-0.4, -0.2) is 32.1 Å². The number of rotatable bonds is 4. The standard InChI is InChI=1S/C16H12F4N4O2S/c1-23-13(4-5-21-23)11-7-14(25)24(15(27)22-11)12-3-2-9(6-10(12)17)26-8-16(18,19)20/h2-7H,8H2,1H3,(H,22,27). The number of benzene rings is 1. The van der Waals surface area contributed by atoms with Crippen molar-refractivity contribution in [1.29, 1.82) is 0 Å². The second-order valence-corrected chi connectivity index (χ2v) is 5.91. The zero-order chi connectivity index (χ0) is 19.8. The van der Waals surface area contributed by atoms with Crippen molar-refractivity contribution >= 4 is 12.2 Å². The Hall–Kier alpha value is -2.95. The van der Waals surface area contributed by atoms with Crippen LogP contribution < -0.4 is 10.3 Å². The van der Waals surface area contributed by atoms with Crippen LogP contribution in [0.3, 0.4) is 0 Å². The summed E-state index contributed by atoms with van der Waals surface area (Å²) >= 11 is 5.15. The number of aryl methyl sites for hydroxylation is 1. The molecule has 0 aliphatic rings. The molecule has 0 amide bonds.